The third-order valence-corrected chi connectivity index (χ3v) is 5.74. The highest BCUT2D eigenvalue weighted by molar-refractivity contribution is 7.98. The second-order valence-electron chi connectivity index (χ2n) is 6.83. The SMILES string of the molecule is Cc1ccc(-c2cnc(SCc3ccc(F)cc3)n2-c2ccccc2C)cc1. The van der Waals surface area contributed by atoms with Gasteiger partial charge in [0.15, 0.2) is 5.16 Å². The highest BCUT2D eigenvalue weighted by atomic mass is 32.2. The highest BCUT2D eigenvalue weighted by Gasteiger charge is 2.15. The summed E-state index contributed by atoms with van der Waals surface area (Å²) >= 11 is 1.66. The molecule has 28 heavy (non-hydrogen) atoms. The second kappa shape index (κ2) is 8.03. The van der Waals surface area contributed by atoms with Crippen molar-refractivity contribution in [3.63, 3.8) is 0 Å². The summed E-state index contributed by atoms with van der Waals surface area (Å²) in [7, 11) is 0. The Morgan fingerprint density at radius 3 is 2.32 bits per heavy atom. The van der Waals surface area contributed by atoms with E-state index in [2.05, 4.69) is 60.9 Å². The summed E-state index contributed by atoms with van der Waals surface area (Å²) in [6, 6.07) is 23.5. The first kappa shape index (κ1) is 18.5. The van der Waals surface area contributed by atoms with Gasteiger partial charge in [-0.2, -0.15) is 0 Å². The smallest absolute Gasteiger partial charge is 0.173 e. The van der Waals surface area contributed by atoms with Crippen LogP contribution in [0.15, 0.2) is 84.1 Å². The number of halogens is 1. The molecule has 0 spiro atoms. The quantitative estimate of drug-likeness (QED) is 0.359. The number of imidazole rings is 1. The minimum atomic E-state index is -0.211. The number of aryl methyl sites for hydroxylation is 2. The molecular formula is C24H21FN2S. The lowest BCUT2D eigenvalue weighted by Crippen LogP contribution is -2.01. The van der Waals surface area contributed by atoms with Crippen LogP contribution in [-0.2, 0) is 5.75 Å². The number of nitrogens with zero attached hydrogens (tertiary/aromatic N) is 2. The van der Waals surface area contributed by atoms with Crippen molar-refractivity contribution in [2.45, 2.75) is 24.8 Å². The maximum absolute atomic E-state index is 13.2. The van der Waals surface area contributed by atoms with Gasteiger partial charge in [-0.25, -0.2) is 9.37 Å². The third kappa shape index (κ3) is 3.87. The number of thioether (sulfide) groups is 1. The van der Waals surface area contributed by atoms with Gasteiger partial charge in [0.1, 0.15) is 5.82 Å². The molecule has 0 aliphatic carbocycles. The molecule has 0 unspecified atom stereocenters. The van der Waals surface area contributed by atoms with E-state index in [9.17, 15) is 4.39 Å². The molecule has 0 fully saturated rings. The molecule has 4 rings (SSSR count). The average molecular weight is 389 g/mol. The van der Waals surface area contributed by atoms with E-state index < -0.39 is 0 Å². The Kier molecular flexibility index (Phi) is 5.31. The minimum absolute atomic E-state index is 0.211. The first-order chi connectivity index (χ1) is 13.6. The molecule has 3 aromatic carbocycles. The Hall–Kier alpha value is -2.85. The van der Waals surface area contributed by atoms with Crippen molar-refractivity contribution in [3.05, 3.63) is 102 Å². The average Bonchev–Trinajstić information content (AvgIpc) is 3.12. The molecule has 0 atom stereocenters. The van der Waals surface area contributed by atoms with Gasteiger partial charge in [-0.15, -0.1) is 0 Å². The van der Waals surface area contributed by atoms with E-state index in [4.69, 9.17) is 4.98 Å². The van der Waals surface area contributed by atoms with E-state index in [1.807, 2.05) is 24.4 Å². The summed E-state index contributed by atoms with van der Waals surface area (Å²) in [4.78, 5) is 4.72. The Bertz CT molecular complexity index is 1080. The van der Waals surface area contributed by atoms with Gasteiger partial charge in [-0.3, -0.25) is 4.57 Å². The molecule has 0 bridgehead atoms. The van der Waals surface area contributed by atoms with Gasteiger partial charge in [0, 0.05) is 11.3 Å². The molecule has 0 radical (unpaired) electrons. The van der Waals surface area contributed by atoms with Crippen LogP contribution in [-0.4, -0.2) is 9.55 Å². The van der Waals surface area contributed by atoms with E-state index in [0.717, 1.165) is 33.4 Å². The highest BCUT2D eigenvalue weighted by Crippen LogP contribution is 2.32. The van der Waals surface area contributed by atoms with Crippen LogP contribution in [0.2, 0.25) is 0 Å². The summed E-state index contributed by atoms with van der Waals surface area (Å²) in [6.45, 7) is 4.20. The monoisotopic (exact) mass is 388 g/mol. The zero-order valence-corrected chi connectivity index (χ0v) is 16.7. The van der Waals surface area contributed by atoms with E-state index in [0.29, 0.717) is 0 Å². The Balaban J connectivity index is 1.75. The normalized spacial score (nSPS) is 11.0. The molecule has 2 nitrogen and oxygen atoms in total. The largest absolute Gasteiger partial charge is 0.287 e. The first-order valence-corrected chi connectivity index (χ1v) is 10.2. The van der Waals surface area contributed by atoms with Crippen LogP contribution in [0.1, 0.15) is 16.7 Å². The summed E-state index contributed by atoms with van der Waals surface area (Å²) in [5.41, 5.74) is 6.82. The third-order valence-electron chi connectivity index (χ3n) is 4.71. The van der Waals surface area contributed by atoms with E-state index in [1.54, 1.807) is 11.8 Å². The van der Waals surface area contributed by atoms with Crippen molar-refractivity contribution in [2.75, 3.05) is 0 Å². The van der Waals surface area contributed by atoms with E-state index in [-0.39, 0.29) is 5.82 Å². The van der Waals surface area contributed by atoms with Gasteiger partial charge in [-0.05, 0) is 43.2 Å². The van der Waals surface area contributed by atoms with E-state index >= 15 is 0 Å². The number of aromatic nitrogens is 2. The molecule has 0 amide bonds. The first-order valence-electron chi connectivity index (χ1n) is 9.20. The molecule has 0 aliphatic heterocycles. The van der Waals surface area contributed by atoms with Gasteiger partial charge >= 0.3 is 0 Å². The molecule has 4 heteroatoms. The predicted octanol–water partition coefficient (Wildman–Crippen LogP) is 6.59. The zero-order valence-electron chi connectivity index (χ0n) is 15.9. The van der Waals surface area contributed by atoms with Crippen molar-refractivity contribution in [1.82, 2.24) is 9.55 Å². The van der Waals surface area contributed by atoms with Gasteiger partial charge in [0.25, 0.3) is 0 Å². The maximum atomic E-state index is 13.2. The lowest BCUT2D eigenvalue weighted by molar-refractivity contribution is 0.627. The van der Waals surface area contributed by atoms with Crippen molar-refractivity contribution in [1.29, 1.82) is 0 Å². The van der Waals surface area contributed by atoms with Crippen LogP contribution >= 0.6 is 11.8 Å². The van der Waals surface area contributed by atoms with E-state index in [1.165, 1.54) is 23.3 Å². The molecule has 0 saturated carbocycles. The second-order valence-corrected chi connectivity index (χ2v) is 7.77. The van der Waals surface area contributed by atoms with Crippen molar-refractivity contribution >= 4 is 11.8 Å². The Morgan fingerprint density at radius 1 is 0.893 bits per heavy atom. The van der Waals surface area contributed by atoms with Crippen LogP contribution < -0.4 is 0 Å². The van der Waals surface area contributed by atoms with Crippen LogP contribution in [0, 0.1) is 19.7 Å². The Labute approximate surface area is 169 Å². The number of hydrogen-bond acceptors (Lipinski definition) is 2. The predicted molar refractivity (Wildman–Crippen MR) is 114 cm³/mol. The fraction of sp³-hybridized carbons (Fsp3) is 0.125. The van der Waals surface area contributed by atoms with Crippen molar-refractivity contribution in [3.8, 4) is 16.9 Å². The Morgan fingerprint density at radius 2 is 1.61 bits per heavy atom. The van der Waals surface area contributed by atoms with Crippen LogP contribution in [0.25, 0.3) is 16.9 Å². The number of hydrogen-bond donors (Lipinski definition) is 0. The standard InChI is InChI=1S/C24H21FN2S/c1-17-7-11-20(12-8-17)23-15-26-24(27(23)22-6-4-3-5-18(22)2)28-16-19-9-13-21(25)14-10-19/h3-15H,16H2,1-2H3. The number of benzene rings is 3. The van der Waals surface area contributed by atoms with Crippen molar-refractivity contribution in [2.24, 2.45) is 0 Å². The molecule has 0 N–H and O–H groups in total. The van der Waals surface area contributed by atoms with Crippen LogP contribution in [0.4, 0.5) is 4.39 Å². The fourth-order valence-corrected chi connectivity index (χ4v) is 4.08. The lowest BCUT2D eigenvalue weighted by atomic mass is 10.1. The zero-order chi connectivity index (χ0) is 19.5. The molecular weight excluding hydrogens is 367 g/mol. The van der Waals surface area contributed by atoms with Gasteiger partial charge in [0.05, 0.1) is 17.6 Å². The van der Waals surface area contributed by atoms with Crippen LogP contribution in [0.5, 0.6) is 0 Å². The summed E-state index contributed by atoms with van der Waals surface area (Å²) in [5, 5.41) is 0.925. The van der Waals surface area contributed by atoms with Crippen molar-refractivity contribution < 1.29 is 4.39 Å². The summed E-state index contributed by atoms with van der Waals surface area (Å²) in [6.07, 6.45) is 1.93. The molecule has 0 saturated heterocycles. The van der Waals surface area contributed by atoms with Gasteiger partial charge in [-0.1, -0.05) is 71.9 Å². The lowest BCUT2D eigenvalue weighted by Gasteiger charge is -2.14. The molecule has 140 valence electrons. The number of rotatable bonds is 5. The van der Waals surface area contributed by atoms with Gasteiger partial charge in [0.2, 0.25) is 0 Å². The van der Waals surface area contributed by atoms with Gasteiger partial charge < -0.3 is 0 Å². The van der Waals surface area contributed by atoms with Crippen LogP contribution in [0.3, 0.4) is 0 Å². The fourth-order valence-electron chi connectivity index (χ4n) is 3.14. The summed E-state index contributed by atoms with van der Waals surface area (Å²) < 4.78 is 15.4. The molecule has 0 aliphatic rings. The summed E-state index contributed by atoms with van der Waals surface area (Å²) in [5.74, 6) is 0.521. The maximum Gasteiger partial charge on any atom is 0.173 e. The minimum Gasteiger partial charge on any atom is -0.287 e. The number of para-hydroxylation sites is 1. The topological polar surface area (TPSA) is 17.8 Å². The molecule has 4 aromatic rings. The molecule has 1 heterocycles. The molecule has 1 aromatic heterocycles.